The molecule has 0 radical (unpaired) electrons. The van der Waals surface area contributed by atoms with E-state index >= 15 is 0 Å². The molecule has 7 heteroatoms. The fraction of sp³-hybridized carbons (Fsp3) is 0.143. The number of aromatic nitrogens is 3. The Balaban J connectivity index is 1.69. The lowest BCUT2D eigenvalue weighted by Crippen LogP contribution is -2.06. The first-order valence-corrected chi connectivity index (χ1v) is 6.24. The number of fused-ring (bicyclic) bond motifs is 1. The SMILES string of the molecule is FC(F)(F)c1ccc(CNc2nc3ccccn3n2)cc1. The molecule has 0 aliphatic heterocycles. The number of nitrogens with zero attached hydrogens (tertiary/aromatic N) is 3. The highest BCUT2D eigenvalue weighted by Gasteiger charge is 2.29. The fourth-order valence-corrected chi connectivity index (χ4v) is 1.90. The van der Waals surface area contributed by atoms with Gasteiger partial charge in [-0.2, -0.15) is 18.2 Å². The summed E-state index contributed by atoms with van der Waals surface area (Å²) in [7, 11) is 0. The summed E-state index contributed by atoms with van der Waals surface area (Å²) in [6, 6.07) is 10.5. The molecule has 0 spiro atoms. The molecule has 0 unspecified atom stereocenters. The zero-order valence-electron chi connectivity index (χ0n) is 10.8. The van der Waals surface area contributed by atoms with Gasteiger partial charge in [0.05, 0.1) is 5.56 Å². The van der Waals surface area contributed by atoms with Crippen LogP contribution in [0.4, 0.5) is 19.1 Å². The van der Waals surface area contributed by atoms with Crippen LogP contribution in [0.2, 0.25) is 0 Å². The largest absolute Gasteiger partial charge is 0.416 e. The minimum atomic E-state index is -4.31. The zero-order chi connectivity index (χ0) is 14.9. The van der Waals surface area contributed by atoms with E-state index in [2.05, 4.69) is 15.4 Å². The van der Waals surface area contributed by atoms with Gasteiger partial charge in [0.2, 0.25) is 5.95 Å². The molecule has 3 rings (SSSR count). The molecule has 0 aliphatic carbocycles. The third kappa shape index (κ3) is 2.96. The average molecular weight is 292 g/mol. The van der Waals surface area contributed by atoms with Crippen molar-refractivity contribution >= 4 is 11.6 Å². The lowest BCUT2D eigenvalue weighted by atomic mass is 10.1. The third-order valence-electron chi connectivity index (χ3n) is 2.97. The van der Waals surface area contributed by atoms with Crippen molar-refractivity contribution in [3.05, 3.63) is 59.8 Å². The topological polar surface area (TPSA) is 42.2 Å². The quantitative estimate of drug-likeness (QED) is 0.805. The van der Waals surface area contributed by atoms with Crippen LogP contribution >= 0.6 is 0 Å². The summed E-state index contributed by atoms with van der Waals surface area (Å²) in [5.74, 6) is 0.432. The number of anilines is 1. The molecule has 0 bridgehead atoms. The highest BCUT2D eigenvalue weighted by Crippen LogP contribution is 2.29. The van der Waals surface area contributed by atoms with Gasteiger partial charge in [-0.1, -0.05) is 18.2 Å². The molecule has 0 saturated heterocycles. The van der Waals surface area contributed by atoms with Gasteiger partial charge in [-0.15, -0.1) is 5.10 Å². The van der Waals surface area contributed by atoms with Crippen molar-refractivity contribution in [2.24, 2.45) is 0 Å². The van der Waals surface area contributed by atoms with E-state index in [4.69, 9.17) is 0 Å². The van der Waals surface area contributed by atoms with Gasteiger partial charge in [0, 0.05) is 12.7 Å². The highest BCUT2D eigenvalue weighted by atomic mass is 19.4. The van der Waals surface area contributed by atoms with Gasteiger partial charge in [0.1, 0.15) is 0 Å². The lowest BCUT2D eigenvalue weighted by molar-refractivity contribution is -0.137. The predicted molar refractivity (Wildman–Crippen MR) is 71.8 cm³/mol. The molecule has 4 nitrogen and oxygen atoms in total. The molecule has 2 aromatic heterocycles. The van der Waals surface area contributed by atoms with E-state index in [1.54, 1.807) is 10.7 Å². The van der Waals surface area contributed by atoms with Gasteiger partial charge >= 0.3 is 6.18 Å². The Morgan fingerprint density at radius 1 is 1.05 bits per heavy atom. The van der Waals surface area contributed by atoms with Crippen molar-refractivity contribution in [3.63, 3.8) is 0 Å². The molecular weight excluding hydrogens is 281 g/mol. The van der Waals surface area contributed by atoms with Crippen LogP contribution in [-0.2, 0) is 12.7 Å². The third-order valence-corrected chi connectivity index (χ3v) is 2.97. The first kappa shape index (κ1) is 13.4. The molecule has 108 valence electrons. The van der Waals surface area contributed by atoms with E-state index in [-0.39, 0.29) is 0 Å². The normalized spacial score (nSPS) is 11.8. The number of halogens is 3. The molecule has 0 aliphatic rings. The van der Waals surface area contributed by atoms with Crippen LogP contribution in [0.1, 0.15) is 11.1 Å². The molecule has 3 aromatic rings. The van der Waals surface area contributed by atoms with Gasteiger partial charge in [-0.25, -0.2) is 4.52 Å². The van der Waals surface area contributed by atoms with Crippen LogP contribution in [0.15, 0.2) is 48.7 Å². The summed E-state index contributed by atoms with van der Waals surface area (Å²) < 4.78 is 39.0. The molecule has 2 heterocycles. The molecule has 1 aromatic carbocycles. The number of hydrogen-bond acceptors (Lipinski definition) is 3. The molecular formula is C14H11F3N4. The Hall–Kier alpha value is -2.57. The van der Waals surface area contributed by atoms with Crippen LogP contribution in [0.3, 0.4) is 0 Å². The minimum Gasteiger partial charge on any atom is -0.349 e. The van der Waals surface area contributed by atoms with Gasteiger partial charge in [-0.05, 0) is 29.8 Å². The Morgan fingerprint density at radius 2 is 1.81 bits per heavy atom. The monoisotopic (exact) mass is 292 g/mol. The Labute approximate surface area is 118 Å². The van der Waals surface area contributed by atoms with Gasteiger partial charge < -0.3 is 5.32 Å². The second-order valence-electron chi connectivity index (χ2n) is 4.49. The molecule has 0 saturated carbocycles. The number of hydrogen-bond donors (Lipinski definition) is 1. The standard InChI is InChI=1S/C14H11F3N4/c15-14(16,17)11-6-4-10(5-7-11)9-18-13-19-12-3-1-2-8-21(12)20-13/h1-8H,9H2,(H,18,20). The van der Waals surface area contributed by atoms with E-state index in [1.165, 1.54) is 12.1 Å². The fourth-order valence-electron chi connectivity index (χ4n) is 1.90. The van der Waals surface area contributed by atoms with E-state index in [9.17, 15) is 13.2 Å². The van der Waals surface area contributed by atoms with Crippen LogP contribution in [0.5, 0.6) is 0 Å². The smallest absolute Gasteiger partial charge is 0.349 e. The summed E-state index contributed by atoms with van der Waals surface area (Å²) in [6.07, 6.45) is -2.54. The van der Waals surface area contributed by atoms with Crippen molar-refractivity contribution in [1.29, 1.82) is 0 Å². The number of alkyl halides is 3. The first-order chi connectivity index (χ1) is 10.0. The number of pyridine rings is 1. The van der Waals surface area contributed by atoms with Crippen molar-refractivity contribution < 1.29 is 13.2 Å². The zero-order valence-corrected chi connectivity index (χ0v) is 10.8. The maximum atomic E-state index is 12.5. The maximum Gasteiger partial charge on any atom is 0.416 e. The van der Waals surface area contributed by atoms with E-state index in [0.29, 0.717) is 18.1 Å². The molecule has 0 fully saturated rings. The summed E-state index contributed by atoms with van der Waals surface area (Å²) in [5, 5.41) is 7.18. The van der Waals surface area contributed by atoms with Crippen molar-refractivity contribution in [3.8, 4) is 0 Å². The van der Waals surface area contributed by atoms with Crippen LogP contribution in [0.25, 0.3) is 5.65 Å². The van der Waals surface area contributed by atoms with Gasteiger partial charge in [0.15, 0.2) is 5.65 Å². The average Bonchev–Trinajstić information content (AvgIpc) is 2.87. The maximum absolute atomic E-state index is 12.5. The lowest BCUT2D eigenvalue weighted by Gasteiger charge is -2.07. The van der Waals surface area contributed by atoms with Crippen LogP contribution in [-0.4, -0.2) is 14.6 Å². The van der Waals surface area contributed by atoms with E-state index < -0.39 is 11.7 Å². The Morgan fingerprint density at radius 3 is 2.48 bits per heavy atom. The number of rotatable bonds is 3. The van der Waals surface area contributed by atoms with Crippen molar-refractivity contribution in [2.75, 3.05) is 5.32 Å². The van der Waals surface area contributed by atoms with E-state index in [1.807, 2.05) is 18.2 Å². The molecule has 0 amide bonds. The van der Waals surface area contributed by atoms with Gasteiger partial charge in [0.25, 0.3) is 0 Å². The van der Waals surface area contributed by atoms with Crippen molar-refractivity contribution in [1.82, 2.24) is 14.6 Å². The van der Waals surface area contributed by atoms with Crippen LogP contribution in [0, 0.1) is 0 Å². The summed E-state index contributed by atoms with van der Waals surface area (Å²) >= 11 is 0. The highest BCUT2D eigenvalue weighted by molar-refractivity contribution is 5.43. The van der Waals surface area contributed by atoms with Crippen LogP contribution < -0.4 is 5.32 Å². The summed E-state index contributed by atoms with van der Waals surface area (Å²) in [4.78, 5) is 4.25. The van der Waals surface area contributed by atoms with Gasteiger partial charge in [-0.3, -0.25) is 0 Å². The van der Waals surface area contributed by atoms with Crippen molar-refractivity contribution in [2.45, 2.75) is 12.7 Å². The Bertz CT molecular complexity index is 714. The van der Waals surface area contributed by atoms with E-state index in [0.717, 1.165) is 17.7 Å². The molecule has 21 heavy (non-hydrogen) atoms. The molecule has 1 N–H and O–H groups in total. The number of nitrogens with one attached hydrogen (secondary N) is 1. The second kappa shape index (κ2) is 5.08. The second-order valence-corrected chi connectivity index (χ2v) is 4.49. The summed E-state index contributed by atoms with van der Waals surface area (Å²) in [5.41, 5.74) is 0.770. The molecule has 0 atom stereocenters. The Kier molecular flexibility index (Phi) is 3.25. The first-order valence-electron chi connectivity index (χ1n) is 6.24. The predicted octanol–water partition coefficient (Wildman–Crippen LogP) is 3.36. The minimum absolute atomic E-state index is 0.356. The number of benzene rings is 1. The summed E-state index contributed by atoms with van der Waals surface area (Å²) in [6.45, 7) is 0.356.